The second-order valence-electron chi connectivity index (χ2n) is 5.25. The third kappa shape index (κ3) is 4.77. The summed E-state index contributed by atoms with van der Waals surface area (Å²) in [6, 6.07) is 5.13. The lowest BCUT2D eigenvalue weighted by Crippen LogP contribution is -2.37. The Morgan fingerprint density at radius 2 is 2.11 bits per heavy atom. The number of ether oxygens (including phenoxy) is 1. The van der Waals surface area contributed by atoms with Crippen LogP contribution in [0.5, 0.6) is 5.75 Å². The first-order valence-corrected chi connectivity index (χ1v) is 7.79. The zero-order valence-electron chi connectivity index (χ0n) is 11.3. The number of nitrogens with one attached hydrogen (secondary N) is 1. The van der Waals surface area contributed by atoms with Crippen molar-refractivity contribution >= 4 is 15.9 Å². The Kier molecular flexibility index (Phi) is 5.64. The third-order valence-electron chi connectivity index (χ3n) is 3.52. The van der Waals surface area contributed by atoms with Gasteiger partial charge in [0.15, 0.2) is 0 Å². The summed E-state index contributed by atoms with van der Waals surface area (Å²) >= 11 is 3.37. The molecule has 0 radical (unpaired) electrons. The Labute approximate surface area is 122 Å². The van der Waals surface area contributed by atoms with Gasteiger partial charge in [-0.1, -0.05) is 19.3 Å². The van der Waals surface area contributed by atoms with Crippen LogP contribution < -0.4 is 10.1 Å². The summed E-state index contributed by atoms with van der Waals surface area (Å²) in [5.74, 6) is 0.295. The molecule has 1 atom stereocenters. The van der Waals surface area contributed by atoms with E-state index < -0.39 is 0 Å². The smallest absolute Gasteiger partial charge is 0.136 e. The van der Waals surface area contributed by atoms with Gasteiger partial charge in [0.2, 0.25) is 0 Å². The molecule has 0 heterocycles. The highest BCUT2D eigenvalue weighted by molar-refractivity contribution is 9.10. The summed E-state index contributed by atoms with van der Waals surface area (Å²) in [4.78, 5) is 0. The van der Waals surface area contributed by atoms with Crippen LogP contribution in [0.25, 0.3) is 0 Å². The minimum atomic E-state index is -0.273. The highest BCUT2D eigenvalue weighted by Crippen LogP contribution is 2.26. The molecule has 0 saturated heterocycles. The Morgan fingerprint density at radius 1 is 1.37 bits per heavy atom. The van der Waals surface area contributed by atoms with Gasteiger partial charge in [-0.25, -0.2) is 4.39 Å². The van der Waals surface area contributed by atoms with Gasteiger partial charge in [-0.2, -0.15) is 0 Å². The molecule has 106 valence electrons. The van der Waals surface area contributed by atoms with Crippen LogP contribution in [-0.4, -0.2) is 18.7 Å². The van der Waals surface area contributed by atoms with Crippen LogP contribution in [0.4, 0.5) is 4.39 Å². The number of halogens is 2. The molecule has 1 aliphatic carbocycles. The fraction of sp³-hybridized carbons (Fsp3) is 0.600. The molecule has 1 aromatic carbocycles. The van der Waals surface area contributed by atoms with Crippen molar-refractivity contribution in [3.05, 3.63) is 28.5 Å². The Hall–Kier alpha value is -0.610. The largest absolute Gasteiger partial charge is 0.488 e. The molecule has 1 aliphatic rings. The second kappa shape index (κ2) is 7.25. The van der Waals surface area contributed by atoms with Crippen LogP contribution in [-0.2, 0) is 0 Å². The molecule has 1 saturated carbocycles. The van der Waals surface area contributed by atoms with E-state index in [0.29, 0.717) is 11.8 Å². The van der Waals surface area contributed by atoms with Gasteiger partial charge in [-0.15, -0.1) is 0 Å². The number of benzene rings is 1. The predicted molar refractivity (Wildman–Crippen MR) is 79.1 cm³/mol. The first kappa shape index (κ1) is 14.8. The normalized spacial score (nSPS) is 18.3. The molecule has 0 amide bonds. The second-order valence-corrected chi connectivity index (χ2v) is 6.10. The van der Waals surface area contributed by atoms with Crippen molar-refractivity contribution < 1.29 is 9.13 Å². The van der Waals surface area contributed by atoms with E-state index in [0.717, 1.165) is 11.0 Å². The van der Waals surface area contributed by atoms with E-state index in [1.165, 1.54) is 44.2 Å². The molecule has 1 N–H and O–H groups in total. The molecule has 2 nitrogen and oxygen atoms in total. The molecule has 1 aromatic rings. The molecule has 2 rings (SSSR count). The van der Waals surface area contributed by atoms with Crippen LogP contribution in [0.2, 0.25) is 0 Å². The number of hydrogen-bond acceptors (Lipinski definition) is 2. The predicted octanol–water partition coefficient (Wildman–Crippen LogP) is 4.28. The Morgan fingerprint density at radius 3 is 2.84 bits per heavy atom. The maximum Gasteiger partial charge on any atom is 0.136 e. The molecule has 0 bridgehead atoms. The topological polar surface area (TPSA) is 21.3 Å². The lowest BCUT2D eigenvalue weighted by atomic mass is 9.95. The zero-order chi connectivity index (χ0) is 13.7. The van der Waals surface area contributed by atoms with E-state index in [1.54, 1.807) is 6.07 Å². The third-order valence-corrected chi connectivity index (χ3v) is 4.18. The molecule has 1 unspecified atom stereocenters. The quantitative estimate of drug-likeness (QED) is 0.870. The standard InChI is InChI=1S/C15H21BrFNO/c1-11(10-18-13-5-3-2-4-6-13)19-15-9-12(17)7-8-14(15)16/h7-9,11,13,18H,2-6,10H2,1H3. The van der Waals surface area contributed by atoms with E-state index in [1.807, 2.05) is 6.92 Å². The van der Waals surface area contributed by atoms with E-state index >= 15 is 0 Å². The van der Waals surface area contributed by atoms with Crippen LogP contribution in [0, 0.1) is 5.82 Å². The monoisotopic (exact) mass is 329 g/mol. The SMILES string of the molecule is CC(CNC1CCCCC1)Oc1cc(F)ccc1Br. The Balaban J connectivity index is 1.80. The maximum absolute atomic E-state index is 13.2. The van der Waals surface area contributed by atoms with Crippen molar-refractivity contribution in [1.82, 2.24) is 5.32 Å². The fourth-order valence-corrected chi connectivity index (χ4v) is 2.81. The molecule has 4 heteroatoms. The average Bonchev–Trinajstić information content (AvgIpc) is 2.42. The summed E-state index contributed by atoms with van der Waals surface area (Å²) in [5.41, 5.74) is 0. The van der Waals surface area contributed by atoms with Gasteiger partial charge in [0, 0.05) is 18.7 Å². The Bertz CT molecular complexity index is 407. The lowest BCUT2D eigenvalue weighted by Gasteiger charge is -2.25. The van der Waals surface area contributed by atoms with Crippen molar-refractivity contribution in [1.29, 1.82) is 0 Å². The van der Waals surface area contributed by atoms with Gasteiger partial charge >= 0.3 is 0 Å². The summed E-state index contributed by atoms with van der Waals surface area (Å²) in [7, 11) is 0. The number of hydrogen-bond donors (Lipinski definition) is 1. The lowest BCUT2D eigenvalue weighted by molar-refractivity contribution is 0.203. The van der Waals surface area contributed by atoms with Crippen molar-refractivity contribution in [2.45, 2.75) is 51.2 Å². The van der Waals surface area contributed by atoms with Crippen molar-refractivity contribution in [2.24, 2.45) is 0 Å². The molecule has 0 aromatic heterocycles. The van der Waals surface area contributed by atoms with Crippen LogP contribution in [0.1, 0.15) is 39.0 Å². The number of rotatable bonds is 5. The molecule has 19 heavy (non-hydrogen) atoms. The zero-order valence-corrected chi connectivity index (χ0v) is 12.9. The fourth-order valence-electron chi connectivity index (χ4n) is 2.47. The molecule has 0 aliphatic heterocycles. The summed E-state index contributed by atoms with van der Waals surface area (Å²) in [6.07, 6.45) is 6.55. The van der Waals surface area contributed by atoms with Gasteiger partial charge in [-0.05, 0) is 47.8 Å². The van der Waals surface area contributed by atoms with Crippen LogP contribution in [0.3, 0.4) is 0 Å². The first-order chi connectivity index (χ1) is 9.15. The van der Waals surface area contributed by atoms with E-state index in [-0.39, 0.29) is 11.9 Å². The van der Waals surface area contributed by atoms with Crippen LogP contribution >= 0.6 is 15.9 Å². The van der Waals surface area contributed by atoms with Crippen molar-refractivity contribution in [3.63, 3.8) is 0 Å². The van der Waals surface area contributed by atoms with Crippen molar-refractivity contribution in [2.75, 3.05) is 6.54 Å². The minimum absolute atomic E-state index is 0.0278. The van der Waals surface area contributed by atoms with Gasteiger partial charge in [0.25, 0.3) is 0 Å². The summed E-state index contributed by atoms with van der Waals surface area (Å²) in [5, 5.41) is 3.54. The first-order valence-electron chi connectivity index (χ1n) is 7.00. The molecular formula is C15H21BrFNO. The minimum Gasteiger partial charge on any atom is -0.488 e. The van der Waals surface area contributed by atoms with E-state index in [4.69, 9.17) is 4.74 Å². The maximum atomic E-state index is 13.2. The van der Waals surface area contributed by atoms with E-state index in [2.05, 4.69) is 21.2 Å². The van der Waals surface area contributed by atoms with Gasteiger partial charge in [0.1, 0.15) is 17.7 Å². The highest BCUT2D eigenvalue weighted by atomic mass is 79.9. The average molecular weight is 330 g/mol. The van der Waals surface area contributed by atoms with Crippen molar-refractivity contribution in [3.8, 4) is 5.75 Å². The molecular weight excluding hydrogens is 309 g/mol. The molecule has 0 spiro atoms. The van der Waals surface area contributed by atoms with E-state index in [9.17, 15) is 4.39 Å². The molecule has 1 fully saturated rings. The van der Waals surface area contributed by atoms with Crippen LogP contribution in [0.15, 0.2) is 22.7 Å². The highest BCUT2D eigenvalue weighted by Gasteiger charge is 2.14. The van der Waals surface area contributed by atoms with Gasteiger partial charge < -0.3 is 10.1 Å². The summed E-state index contributed by atoms with van der Waals surface area (Å²) in [6.45, 7) is 2.81. The summed E-state index contributed by atoms with van der Waals surface area (Å²) < 4.78 is 19.7. The van der Waals surface area contributed by atoms with Gasteiger partial charge in [-0.3, -0.25) is 0 Å². The van der Waals surface area contributed by atoms with Gasteiger partial charge in [0.05, 0.1) is 4.47 Å².